The van der Waals surface area contributed by atoms with Gasteiger partial charge in [-0.25, -0.2) is 4.90 Å². The molecule has 3 aromatic rings. The van der Waals surface area contributed by atoms with E-state index in [9.17, 15) is 9.59 Å². The first-order chi connectivity index (χ1) is 13.2. The number of amides is 2. The average molecular weight is 357 g/mol. The molecule has 0 bridgehead atoms. The number of ether oxygens (including phenoxy) is 1. The highest BCUT2D eigenvalue weighted by Crippen LogP contribution is 2.44. The maximum atomic E-state index is 13.7. The molecule has 0 aromatic heterocycles. The minimum absolute atomic E-state index is 0.103. The summed E-state index contributed by atoms with van der Waals surface area (Å²) < 4.78 is 5.18. The lowest BCUT2D eigenvalue weighted by molar-refractivity contribution is -0.122. The van der Waals surface area contributed by atoms with E-state index < -0.39 is 5.41 Å². The van der Waals surface area contributed by atoms with Gasteiger partial charge in [0.05, 0.1) is 19.2 Å². The Morgan fingerprint density at radius 1 is 0.778 bits per heavy atom. The van der Waals surface area contributed by atoms with Crippen molar-refractivity contribution < 1.29 is 14.3 Å². The molecule has 1 aliphatic rings. The van der Waals surface area contributed by atoms with Crippen LogP contribution in [0.4, 0.5) is 5.69 Å². The minimum atomic E-state index is -1.01. The molecule has 4 rings (SSSR count). The van der Waals surface area contributed by atoms with Gasteiger partial charge in [-0.2, -0.15) is 0 Å². The van der Waals surface area contributed by atoms with Gasteiger partial charge in [0, 0.05) is 0 Å². The summed E-state index contributed by atoms with van der Waals surface area (Å²) in [6.07, 6.45) is 0.103. The Kier molecular flexibility index (Phi) is 4.24. The third-order valence-corrected chi connectivity index (χ3v) is 5.10. The van der Waals surface area contributed by atoms with Crippen molar-refractivity contribution in [1.29, 1.82) is 0 Å². The number of nitrogens with zero attached hydrogens (tertiary/aromatic N) is 1. The zero-order valence-electron chi connectivity index (χ0n) is 15.0. The minimum Gasteiger partial charge on any atom is -0.497 e. The molecule has 2 amide bonds. The van der Waals surface area contributed by atoms with Crippen LogP contribution in [0.15, 0.2) is 84.9 Å². The number of imide groups is 1. The molecule has 1 saturated heterocycles. The molecule has 27 heavy (non-hydrogen) atoms. The molecule has 0 radical (unpaired) electrons. The summed E-state index contributed by atoms with van der Waals surface area (Å²) in [5.74, 6) is 0.239. The van der Waals surface area contributed by atoms with Crippen LogP contribution in [0.2, 0.25) is 0 Å². The van der Waals surface area contributed by atoms with E-state index in [-0.39, 0.29) is 18.2 Å². The highest BCUT2D eigenvalue weighted by molar-refractivity contribution is 6.26. The second-order valence-electron chi connectivity index (χ2n) is 6.55. The van der Waals surface area contributed by atoms with Crippen LogP contribution >= 0.6 is 0 Å². The van der Waals surface area contributed by atoms with Crippen LogP contribution in [0.25, 0.3) is 0 Å². The molecular formula is C23H19NO3. The molecule has 0 spiro atoms. The molecule has 4 heteroatoms. The van der Waals surface area contributed by atoms with E-state index >= 15 is 0 Å². The smallest absolute Gasteiger partial charge is 0.249 e. The van der Waals surface area contributed by atoms with Gasteiger partial charge in [0.25, 0.3) is 0 Å². The quantitative estimate of drug-likeness (QED) is 0.665. The van der Waals surface area contributed by atoms with Crippen molar-refractivity contribution in [2.45, 2.75) is 11.8 Å². The van der Waals surface area contributed by atoms with Crippen LogP contribution in [0.3, 0.4) is 0 Å². The number of rotatable bonds is 4. The average Bonchev–Trinajstić information content (AvgIpc) is 3.00. The maximum Gasteiger partial charge on any atom is 0.249 e. The first-order valence-corrected chi connectivity index (χ1v) is 8.79. The van der Waals surface area contributed by atoms with Gasteiger partial charge in [0.1, 0.15) is 11.2 Å². The Morgan fingerprint density at radius 3 is 1.78 bits per heavy atom. The van der Waals surface area contributed by atoms with Crippen LogP contribution in [-0.2, 0) is 15.0 Å². The Hall–Kier alpha value is -3.40. The second-order valence-corrected chi connectivity index (χ2v) is 6.55. The van der Waals surface area contributed by atoms with Crippen LogP contribution in [-0.4, -0.2) is 18.9 Å². The summed E-state index contributed by atoms with van der Waals surface area (Å²) in [6.45, 7) is 0. The van der Waals surface area contributed by atoms with Crippen molar-refractivity contribution in [3.05, 3.63) is 96.1 Å². The topological polar surface area (TPSA) is 46.6 Å². The molecule has 1 aliphatic heterocycles. The van der Waals surface area contributed by atoms with E-state index in [4.69, 9.17) is 4.74 Å². The zero-order valence-corrected chi connectivity index (χ0v) is 15.0. The van der Waals surface area contributed by atoms with Crippen molar-refractivity contribution in [3.8, 4) is 5.75 Å². The van der Waals surface area contributed by atoms with Crippen molar-refractivity contribution in [3.63, 3.8) is 0 Å². The molecule has 1 fully saturated rings. The van der Waals surface area contributed by atoms with Crippen molar-refractivity contribution >= 4 is 17.5 Å². The van der Waals surface area contributed by atoms with Crippen molar-refractivity contribution in [1.82, 2.24) is 0 Å². The fourth-order valence-corrected chi connectivity index (χ4v) is 3.74. The van der Waals surface area contributed by atoms with Crippen molar-refractivity contribution in [2.24, 2.45) is 0 Å². The van der Waals surface area contributed by atoms with Crippen molar-refractivity contribution in [2.75, 3.05) is 12.0 Å². The largest absolute Gasteiger partial charge is 0.497 e. The number of carbonyl (C=O) groups excluding carboxylic acids is 2. The van der Waals surface area contributed by atoms with Crippen LogP contribution < -0.4 is 9.64 Å². The highest BCUT2D eigenvalue weighted by Gasteiger charge is 2.54. The van der Waals surface area contributed by atoms with E-state index in [1.807, 2.05) is 60.7 Å². The second kappa shape index (κ2) is 6.72. The number of carbonyl (C=O) groups is 2. The third-order valence-electron chi connectivity index (χ3n) is 5.10. The summed E-state index contributed by atoms with van der Waals surface area (Å²) in [5, 5.41) is 0. The molecule has 4 nitrogen and oxygen atoms in total. The summed E-state index contributed by atoms with van der Waals surface area (Å²) in [7, 11) is 1.58. The number of benzene rings is 3. The first-order valence-electron chi connectivity index (χ1n) is 8.79. The maximum absolute atomic E-state index is 13.7. The number of hydrogen-bond donors (Lipinski definition) is 0. The lowest BCUT2D eigenvalue weighted by atomic mass is 9.73. The third kappa shape index (κ3) is 2.70. The van der Waals surface area contributed by atoms with Gasteiger partial charge in [-0.1, -0.05) is 60.7 Å². The van der Waals surface area contributed by atoms with E-state index in [1.165, 1.54) is 4.90 Å². The lowest BCUT2D eigenvalue weighted by Crippen LogP contribution is -2.39. The zero-order chi connectivity index (χ0) is 18.9. The Bertz CT molecular complexity index is 926. The predicted octanol–water partition coefficient (Wildman–Crippen LogP) is 3.94. The number of methoxy groups -OCH3 is 1. The van der Waals surface area contributed by atoms with E-state index in [1.54, 1.807) is 31.4 Å². The predicted molar refractivity (Wildman–Crippen MR) is 104 cm³/mol. The van der Waals surface area contributed by atoms with E-state index in [2.05, 4.69) is 0 Å². The molecule has 0 aliphatic carbocycles. The Morgan fingerprint density at radius 2 is 1.30 bits per heavy atom. The fraction of sp³-hybridized carbons (Fsp3) is 0.130. The molecule has 134 valence electrons. The first kappa shape index (κ1) is 17.0. The normalized spacial score (nSPS) is 15.8. The highest BCUT2D eigenvalue weighted by atomic mass is 16.5. The SMILES string of the molecule is COc1ccc(N2C(=O)CC(c3ccccc3)(c3ccccc3)C2=O)cc1. The molecule has 0 N–H and O–H groups in total. The standard InChI is InChI=1S/C23H19NO3/c1-27-20-14-12-19(13-15-20)24-21(25)16-23(22(24)26,17-8-4-2-5-9-17)18-10-6-3-7-11-18/h2-15H,16H2,1H3. The molecule has 0 unspecified atom stereocenters. The van der Waals surface area contributed by atoms with Gasteiger partial charge in [-0.3, -0.25) is 9.59 Å². The molecule has 0 atom stereocenters. The molecular weight excluding hydrogens is 338 g/mol. The van der Waals surface area contributed by atoms with Gasteiger partial charge in [-0.05, 0) is 35.4 Å². The van der Waals surface area contributed by atoms with Crippen LogP contribution in [0, 0.1) is 0 Å². The Labute approximate surface area is 158 Å². The number of anilines is 1. The van der Waals surface area contributed by atoms with Gasteiger partial charge in [0.2, 0.25) is 11.8 Å². The summed E-state index contributed by atoms with van der Waals surface area (Å²) in [6, 6.07) is 26.0. The van der Waals surface area contributed by atoms with E-state index in [0.717, 1.165) is 11.1 Å². The fourth-order valence-electron chi connectivity index (χ4n) is 3.74. The Balaban J connectivity index is 1.86. The van der Waals surface area contributed by atoms with Crippen LogP contribution in [0.5, 0.6) is 5.75 Å². The summed E-state index contributed by atoms with van der Waals surface area (Å²) in [5.41, 5.74) is 1.19. The summed E-state index contributed by atoms with van der Waals surface area (Å²) in [4.78, 5) is 27.9. The van der Waals surface area contributed by atoms with Crippen LogP contribution in [0.1, 0.15) is 17.5 Å². The van der Waals surface area contributed by atoms with E-state index in [0.29, 0.717) is 11.4 Å². The lowest BCUT2D eigenvalue weighted by Gasteiger charge is -2.28. The van der Waals surface area contributed by atoms with Gasteiger partial charge in [-0.15, -0.1) is 0 Å². The van der Waals surface area contributed by atoms with Gasteiger partial charge in [0.15, 0.2) is 0 Å². The van der Waals surface area contributed by atoms with Gasteiger partial charge < -0.3 is 4.74 Å². The monoisotopic (exact) mass is 357 g/mol. The molecule has 0 saturated carbocycles. The molecule has 3 aromatic carbocycles. The van der Waals surface area contributed by atoms with Gasteiger partial charge >= 0.3 is 0 Å². The number of hydrogen-bond acceptors (Lipinski definition) is 3. The molecule has 1 heterocycles. The summed E-state index contributed by atoms with van der Waals surface area (Å²) >= 11 is 0.